The zero-order chi connectivity index (χ0) is 21.0. The van der Waals surface area contributed by atoms with E-state index < -0.39 is 11.1 Å². The van der Waals surface area contributed by atoms with Gasteiger partial charge in [-0.2, -0.15) is 0 Å². The van der Waals surface area contributed by atoms with Crippen LogP contribution in [-0.4, -0.2) is 25.9 Å². The van der Waals surface area contributed by atoms with Gasteiger partial charge in [-0.3, -0.25) is 4.79 Å². The third-order valence-electron chi connectivity index (χ3n) is 4.28. The number of rotatable bonds is 7. The molecule has 1 amide bonds. The molecule has 1 aromatic heterocycles. The molecule has 0 saturated heterocycles. The highest BCUT2D eigenvalue weighted by molar-refractivity contribution is 8.00. The van der Waals surface area contributed by atoms with Crippen LogP contribution in [0.2, 0.25) is 5.02 Å². The summed E-state index contributed by atoms with van der Waals surface area (Å²) in [5, 5.41) is 11.8. The zero-order valence-corrected chi connectivity index (χ0v) is 18.0. The van der Waals surface area contributed by atoms with Crippen molar-refractivity contribution in [2.75, 3.05) is 5.32 Å². The number of carbonyl (C=O) groups excluding carboxylic acids is 1. The van der Waals surface area contributed by atoms with Crippen LogP contribution in [0.1, 0.15) is 25.8 Å². The largest absolute Gasteiger partial charge is 0.324 e. The maximum Gasteiger partial charge on any atom is 0.237 e. The predicted octanol–water partition coefficient (Wildman–Crippen LogP) is 5.58. The summed E-state index contributed by atoms with van der Waals surface area (Å²) in [6.07, 6.45) is 0.913. The van der Waals surface area contributed by atoms with E-state index in [0.717, 1.165) is 29.9 Å². The first-order valence-electron chi connectivity index (χ1n) is 9.32. The van der Waals surface area contributed by atoms with Crippen molar-refractivity contribution in [2.45, 2.75) is 44.1 Å². The van der Waals surface area contributed by atoms with Crippen molar-refractivity contribution in [3.05, 3.63) is 58.9 Å². The summed E-state index contributed by atoms with van der Waals surface area (Å²) in [5.74, 6) is 0.0886. The second kappa shape index (κ2) is 9.41. The van der Waals surface area contributed by atoms with E-state index in [9.17, 15) is 9.18 Å². The number of nitrogens with one attached hydrogen (secondary N) is 1. The molecule has 5 nitrogen and oxygen atoms in total. The fourth-order valence-electron chi connectivity index (χ4n) is 2.84. The number of benzene rings is 2. The molecule has 3 rings (SSSR count). The molecular formula is C21H22ClFN4OS. The minimum atomic E-state index is -0.452. The van der Waals surface area contributed by atoms with Gasteiger partial charge in [0.05, 0.1) is 16.0 Å². The van der Waals surface area contributed by atoms with Crippen molar-refractivity contribution in [1.82, 2.24) is 14.8 Å². The van der Waals surface area contributed by atoms with Gasteiger partial charge >= 0.3 is 0 Å². The second-order valence-electron chi connectivity index (χ2n) is 6.70. The van der Waals surface area contributed by atoms with E-state index in [2.05, 4.69) is 28.5 Å². The van der Waals surface area contributed by atoms with Gasteiger partial charge in [0.2, 0.25) is 5.91 Å². The normalized spacial score (nSPS) is 12.0. The molecule has 1 atom stereocenters. The van der Waals surface area contributed by atoms with Crippen molar-refractivity contribution >= 4 is 35.0 Å². The predicted molar refractivity (Wildman–Crippen MR) is 116 cm³/mol. The number of amides is 1. The Kier molecular flexibility index (Phi) is 6.92. The molecule has 0 saturated carbocycles. The molecule has 29 heavy (non-hydrogen) atoms. The lowest BCUT2D eigenvalue weighted by atomic mass is 10.1. The lowest BCUT2D eigenvalue weighted by Gasteiger charge is -2.14. The van der Waals surface area contributed by atoms with Gasteiger partial charge in [-0.05, 0) is 44.5 Å². The molecule has 0 aliphatic heterocycles. The number of thioether (sulfide) groups is 1. The molecule has 0 spiro atoms. The molecule has 0 unspecified atom stereocenters. The average molecular weight is 433 g/mol. The molecule has 8 heteroatoms. The summed E-state index contributed by atoms with van der Waals surface area (Å²) >= 11 is 7.33. The minimum Gasteiger partial charge on any atom is -0.324 e. The van der Waals surface area contributed by atoms with Crippen LogP contribution in [0.15, 0.2) is 47.6 Å². The van der Waals surface area contributed by atoms with Crippen molar-refractivity contribution in [3.63, 3.8) is 0 Å². The Morgan fingerprint density at radius 3 is 2.76 bits per heavy atom. The van der Waals surface area contributed by atoms with Crippen molar-refractivity contribution in [1.29, 1.82) is 0 Å². The molecule has 0 radical (unpaired) electrons. The molecule has 3 aromatic rings. The van der Waals surface area contributed by atoms with Gasteiger partial charge in [-0.15, -0.1) is 10.2 Å². The van der Waals surface area contributed by atoms with E-state index in [4.69, 9.17) is 11.6 Å². The first-order chi connectivity index (χ1) is 13.9. The van der Waals surface area contributed by atoms with Crippen molar-refractivity contribution in [2.24, 2.45) is 0 Å². The Hall–Kier alpha value is -2.38. The van der Waals surface area contributed by atoms with E-state index in [1.807, 2.05) is 29.7 Å². The highest BCUT2D eigenvalue weighted by Crippen LogP contribution is 2.29. The summed E-state index contributed by atoms with van der Waals surface area (Å²) in [6, 6.07) is 12.0. The summed E-state index contributed by atoms with van der Waals surface area (Å²) in [6.45, 7) is 6.65. The SMILES string of the molecule is CCCn1c(S[C@@H](C)C(=O)Nc2ccc(F)cc2Cl)nnc1-c1cccc(C)c1. The topological polar surface area (TPSA) is 59.8 Å². The maximum absolute atomic E-state index is 13.2. The van der Waals surface area contributed by atoms with Crippen LogP contribution < -0.4 is 5.32 Å². The molecule has 0 fully saturated rings. The first kappa shape index (κ1) is 21.3. The molecule has 0 aliphatic rings. The Labute approximate surface area is 178 Å². The van der Waals surface area contributed by atoms with Gasteiger partial charge in [0.15, 0.2) is 11.0 Å². The monoisotopic (exact) mass is 432 g/mol. The number of halogens is 2. The summed E-state index contributed by atoms with van der Waals surface area (Å²) in [4.78, 5) is 12.6. The summed E-state index contributed by atoms with van der Waals surface area (Å²) < 4.78 is 15.2. The first-order valence-corrected chi connectivity index (χ1v) is 10.6. The average Bonchev–Trinajstić information content (AvgIpc) is 3.06. The Bertz CT molecular complexity index is 1020. The fraction of sp³-hybridized carbons (Fsp3) is 0.286. The molecule has 152 valence electrons. The van der Waals surface area contributed by atoms with Gasteiger partial charge in [-0.25, -0.2) is 4.39 Å². The number of nitrogens with zero attached hydrogens (tertiary/aromatic N) is 3. The number of hydrogen-bond acceptors (Lipinski definition) is 4. The van der Waals surface area contributed by atoms with E-state index in [-0.39, 0.29) is 10.9 Å². The third kappa shape index (κ3) is 5.16. The molecule has 1 N–H and O–H groups in total. The standard InChI is InChI=1S/C21H22ClFN4OS/c1-4-10-27-19(15-7-5-6-13(2)11-15)25-26-21(27)29-14(3)20(28)24-18-9-8-16(23)12-17(18)22/h5-9,11-12,14H,4,10H2,1-3H3,(H,24,28)/t14-/m0/s1. The highest BCUT2D eigenvalue weighted by atomic mass is 35.5. The smallest absolute Gasteiger partial charge is 0.237 e. The minimum absolute atomic E-state index is 0.159. The quantitative estimate of drug-likeness (QED) is 0.495. The van der Waals surface area contributed by atoms with Crippen molar-refractivity contribution < 1.29 is 9.18 Å². The lowest BCUT2D eigenvalue weighted by molar-refractivity contribution is -0.115. The maximum atomic E-state index is 13.2. The van der Waals surface area contributed by atoms with Crippen LogP contribution in [0, 0.1) is 12.7 Å². The van der Waals surface area contributed by atoms with Gasteiger partial charge < -0.3 is 9.88 Å². The van der Waals surface area contributed by atoms with Gasteiger partial charge in [0.1, 0.15) is 5.82 Å². The van der Waals surface area contributed by atoms with Crippen LogP contribution in [0.3, 0.4) is 0 Å². The Morgan fingerprint density at radius 1 is 1.28 bits per heavy atom. The van der Waals surface area contributed by atoms with Crippen molar-refractivity contribution in [3.8, 4) is 11.4 Å². The van der Waals surface area contributed by atoms with Crippen LogP contribution in [-0.2, 0) is 11.3 Å². The van der Waals surface area contributed by atoms with Crippen LogP contribution >= 0.6 is 23.4 Å². The van der Waals surface area contributed by atoms with E-state index in [1.54, 1.807) is 6.92 Å². The molecule has 0 bridgehead atoms. The number of aromatic nitrogens is 3. The van der Waals surface area contributed by atoms with Gasteiger partial charge in [0.25, 0.3) is 0 Å². The Balaban J connectivity index is 1.79. The van der Waals surface area contributed by atoms with Crippen LogP contribution in [0.5, 0.6) is 0 Å². The van der Waals surface area contributed by atoms with E-state index in [1.165, 1.54) is 30.0 Å². The summed E-state index contributed by atoms with van der Waals surface area (Å²) in [7, 11) is 0. The number of hydrogen-bond donors (Lipinski definition) is 1. The van der Waals surface area contributed by atoms with E-state index in [0.29, 0.717) is 10.8 Å². The fourth-order valence-corrected chi connectivity index (χ4v) is 3.93. The van der Waals surface area contributed by atoms with Crippen LogP contribution in [0.4, 0.5) is 10.1 Å². The van der Waals surface area contributed by atoms with E-state index >= 15 is 0 Å². The summed E-state index contributed by atoms with van der Waals surface area (Å²) in [5.41, 5.74) is 2.51. The van der Waals surface area contributed by atoms with Crippen LogP contribution in [0.25, 0.3) is 11.4 Å². The second-order valence-corrected chi connectivity index (χ2v) is 8.42. The third-order valence-corrected chi connectivity index (χ3v) is 5.67. The number of aryl methyl sites for hydroxylation is 1. The number of anilines is 1. The molecule has 0 aliphatic carbocycles. The molecule has 2 aromatic carbocycles. The Morgan fingerprint density at radius 2 is 2.07 bits per heavy atom. The number of carbonyl (C=O) groups is 1. The molecular weight excluding hydrogens is 411 g/mol. The lowest BCUT2D eigenvalue weighted by Crippen LogP contribution is -2.23. The van der Waals surface area contributed by atoms with Gasteiger partial charge in [0, 0.05) is 12.1 Å². The molecule has 1 heterocycles. The highest BCUT2D eigenvalue weighted by Gasteiger charge is 2.21. The van der Waals surface area contributed by atoms with Gasteiger partial charge in [-0.1, -0.05) is 54.0 Å². The zero-order valence-electron chi connectivity index (χ0n) is 16.4.